The van der Waals surface area contributed by atoms with E-state index in [4.69, 9.17) is 5.73 Å². The first kappa shape index (κ1) is 13.8. The highest BCUT2D eigenvalue weighted by atomic mass is 32.2. The van der Waals surface area contributed by atoms with E-state index >= 15 is 0 Å². The van der Waals surface area contributed by atoms with E-state index < -0.39 is 0 Å². The molecule has 0 fully saturated rings. The fraction of sp³-hybridized carbons (Fsp3) is 0.500. The molecule has 0 aliphatic heterocycles. The van der Waals surface area contributed by atoms with Crippen molar-refractivity contribution in [3.8, 4) is 0 Å². The fourth-order valence-electron chi connectivity index (χ4n) is 2.60. The lowest BCUT2D eigenvalue weighted by molar-refractivity contribution is -0.117. The molecule has 2 aromatic rings. The number of amides is 1. The molecular weight excluding hydrogens is 290 g/mol. The van der Waals surface area contributed by atoms with Crippen LogP contribution in [0.15, 0.2) is 11.4 Å². The summed E-state index contributed by atoms with van der Waals surface area (Å²) in [7, 11) is 0. The molecule has 0 saturated heterocycles. The van der Waals surface area contributed by atoms with Gasteiger partial charge in [0.2, 0.25) is 5.91 Å². The summed E-state index contributed by atoms with van der Waals surface area (Å²) in [5, 5.41) is 2.22. The van der Waals surface area contributed by atoms with Crippen molar-refractivity contribution >= 4 is 39.2 Å². The van der Waals surface area contributed by atoms with Gasteiger partial charge >= 0.3 is 0 Å². The van der Waals surface area contributed by atoms with Gasteiger partial charge in [0.25, 0.3) is 0 Å². The number of aromatic nitrogens is 2. The van der Waals surface area contributed by atoms with E-state index in [0.29, 0.717) is 12.2 Å². The normalized spacial score (nSPS) is 18.1. The van der Waals surface area contributed by atoms with Crippen molar-refractivity contribution in [2.45, 2.75) is 37.6 Å². The van der Waals surface area contributed by atoms with Gasteiger partial charge in [-0.15, -0.1) is 23.1 Å². The number of carbonyl (C=O) groups excluding carboxylic acids is 1. The number of hydrogen-bond acceptors (Lipinski definition) is 5. The Bertz CT molecular complexity index is 653. The summed E-state index contributed by atoms with van der Waals surface area (Å²) in [6.07, 6.45) is 5.52. The second-order valence-corrected chi connectivity index (χ2v) is 7.44. The number of rotatable bonds is 4. The van der Waals surface area contributed by atoms with Crippen LogP contribution in [0.2, 0.25) is 0 Å². The monoisotopic (exact) mass is 307 g/mol. The van der Waals surface area contributed by atoms with Gasteiger partial charge in [0.1, 0.15) is 16.2 Å². The fourth-order valence-corrected chi connectivity index (χ4v) is 5.00. The predicted molar refractivity (Wildman–Crippen MR) is 83.1 cm³/mol. The van der Waals surface area contributed by atoms with Crippen LogP contribution in [0.5, 0.6) is 0 Å². The highest BCUT2D eigenvalue weighted by Crippen LogP contribution is 2.40. The molecule has 6 heteroatoms. The molecule has 2 N–H and O–H groups in total. The van der Waals surface area contributed by atoms with Gasteiger partial charge in [-0.2, -0.15) is 0 Å². The van der Waals surface area contributed by atoms with E-state index in [1.807, 2.05) is 0 Å². The first-order chi connectivity index (χ1) is 9.65. The number of thioether (sulfide) groups is 1. The third kappa shape index (κ3) is 2.67. The Labute approximate surface area is 126 Å². The molecule has 20 heavy (non-hydrogen) atoms. The van der Waals surface area contributed by atoms with Gasteiger partial charge in [-0.1, -0.05) is 6.92 Å². The Morgan fingerprint density at radius 2 is 2.40 bits per heavy atom. The maximum atomic E-state index is 10.9. The molecular formula is C14H17N3OS2. The number of carbonyl (C=O) groups is 1. The molecule has 1 atom stereocenters. The molecule has 0 unspecified atom stereocenters. The highest BCUT2D eigenvalue weighted by Gasteiger charge is 2.23. The average molecular weight is 307 g/mol. The molecule has 0 radical (unpaired) electrons. The van der Waals surface area contributed by atoms with Crippen molar-refractivity contribution in [2.75, 3.05) is 5.75 Å². The second-order valence-electron chi connectivity index (χ2n) is 5.28. The number of fused-ring (bicyclic) bond motifs is 3. The van der Waals surface area contributed by atoms with Gasteiger partial charge in [-0.05, 0) is 30.7 Å². The minimum absolute atomic E-state index is 0.260. The van der Waals surface area contributed by atoms with Crippen LogP contribution in [0.1, 0.15) is 30.2 Å². The van der Waals surface area contributed by atoms with E-state index in [1.54, 1.807) is 29.4 Å². The lowest BCUT2D eigenvalue weighted by atomic mass is 9.89. The maximum absolute atomic E-state index is 10.9. The number of hydrogen-bond donors (Lipinski definition) is 1. The number of nitrogens with two attached hydrogens (primary N) is 1. The molecule has 1 aliphatic rings. The van der Waals surface area contributed by atoms with E-state index in [1.165, 1.54) is 22.2 Å². The smallest absolute Gasteiger partial charge is 0.218 e. The molecule has 2 heterocycles. The average Bonchev–Trinajstić information content (AvgIpc) is 2.76. The number of aryl methyl sites for hydroxylation is 1. The molecule has 2 aromatic heterocycles. The molecule has 0 bridgehead atoms. The lowest BCUT2D eigenvalue weighted by Gasteiger charge is -2.18. The predicted octanol–water partition coefficient (Wildman–Crippen LogP) is 2.78. The minimum atomic E-state index is -0.260. The van der Waals surface area contributed by atoms with Crippen LogP contribution in [0.25, 0.3) is 10.2 Å². The van der Waals surface area contributed by atoms with Crippen molar-refractivity contribution in [1.82, 2.24) is 9.97 Å². The van der Waals surface area contributed by atoms with E-state index in [0.717, 1.165) is 28.6 Å². The molecule has 0 saturated carbocycles. The van der Waals surface area contributed by atoms with Crippen LogP contribution in [-0.2, 0) is 17.6 Å². The minimum Gasteiger partial charge on any atom is -0.370 e. The van der Waals surface area contributed by atoms with Crippen molar-refractivity contribution in [3.05, 3.63) is 16.8 Å². The van der Waals surface area contributed by atoms with Crippen LogP contribution in [0, 0.1) is 5.92 Å². The van der Waals surface area contributed by atoms with Crippen LogP contribution >= 0.6 is 23.1 Å². The Morgan fingerprint density at radius 3 is 3.20 bits per heavy atom. The first-order valence-corrected chi connectivity index (χ1v) is 8.61. The Morgan fingerprint density at radius 1 is 1.55 bits per heavy atom. The topological polar surface area (TPSA) is 68.9 Å². The quantitative estimate of drug-likeness (QED) is 0.696. The van der Waals surface area contributed by atoms with E-state index in [9.17, 15) is 4.79 Å². The summed E-state index contributed by atoms with van der Waals surface area (Å²) in [6.45, 7) is 2.31. The second kappa shape index (κ2) is 5.69. The molecule has 106 valence electrons. The van der Waals surface area contributed by atoms with Crippen molar-refractivity contribution in [3.63, 3.8) is 0 Å². The number of nitrogens with zero attached hydrogens (tertiary/aromatic N) is 2. The molecule has 3 rings (SSSR count). The molecule has 4 nitrogen and oxygen atoms in total. The highest BCUT2D eigenvalue weighted by molar-refractivity contribution is 7.99. The van der Waals surface area contributed by atoms with Gasteiger partial charge < -0.3 is 5.73 Å². The summed E-state index contributed by atoms with van der Waals surface area (Å²) in [5.74, 6) is 1.18. The molecule has 0 aromatic carbocycles. The van der Waals surface area contributed by atoms with E-state index in [2.05, 4.69) is 16.9 Å². The van der Waals surface area contributed by atoms with Crippen LogP contribution in [0.3, 0.4) is 0 Å². The molecule has 0 spiro atoms. The lowest BCUT2D eigenvalue weighted by Crippen LogP contribution is -2.11. The summed E-state index contributed by atoms with van der Waals surface area (Å²) in [4.78, 5) is 22.2. The van der Waals surface area contributed by atoms with Crippen LogP contribution in [0.4, 0.5) is 0 Å². The zero-order chi connectivity index (χ0) is 14.1. The van der Waals surface area contributed by atoms with Crippen LogP contribution in [-0.4, -0.2) is 21.6 Å². The van der Waals surface area contributed by atoms with E-state index in [-0.39, 0.29) is 5.91 Å². The van der Waals surface area contributed by atoms with Crippen molar-refractivity contribution in [1.29, 1.82) is 0 Å². The van der Waals surface area contributed by atoms with Gasteiger partial charge in [-0.25, -0.2) is 9.97 Å². The third-order valence-electron chi connectivity index (χ3n) is 3.64. The van der Waals surface area contributed by atoms with Crippen molar-refractivity contribution < 1.29 is 4.79 Å². The SMILES string of the molecule is C[C@H]1CCc2c(sc3ncnc(SCCC(N)=O)c23)C1. The largest absolute Gasteiger partial charge is 0.370 e. The summed E-state index contributed by atoms with van der Waals surface area (Å²) < 4.78 is 0. The number of thiophene rings is 1. The zero-order valence-electron chi connectivity index (χ0n) is 11.4. The summed E-state index contributed by atoms with van der Waals surface area (Å²) >= 11 is 3.41. The van der Waals surface area contributed by atoms with Crippen LogP contribution < -0.4 is 5.73 Å². The van der Waals surface area contributed by atoms with Gasteiger partial charge in [0.05, 0.1) is 0 Å². The summed E-state index contributed by atoms with van der Waals surface area (Å²) in [5.41, 5.74) is 6.63. The molecule has 1 amide bonds. The first-order valence-electron chi connectivity index (χ1n) is 6.81. The van der Waals surface area contributed by atoms with Gasteiger partial charge in [0, 0.05) is 22.4 Å². The Kier molecular flexibility index (Phi) is 3.94. The maximum Gasteiger partial charge on any atom is 0.218 e. The summed E-state index contributed by atoms with van der Waals surface area (Å²) in [6, 6.07) is 0. The van der Waals surface area contributed by atoms with Gasteiger partial charge in [0.15, 0.2) is 0 Å². The number of primary amides is 1. The van der Waals surface area contributed by atoms with Crippen molar-refractivity contribution in [2.24, 2.45) is 11.7 Å². The Balaban J connectivity index is 1.94. The van der Waals surface area contributed by atoms with Gasteiger partial charge in [-0.3, -0.25) is 4.79 Å². The third-order valence-corrected chi connectivity index (χ3v) is 5.80. The molecule has 1 aliphatic carbocycles. The zero-order valence-corrected chi connectivity index (χ0v) is 13.0. The standard InChI is InChI=1S/C14H17N3OS2/c1-8-2-3-9-10(6-8)20-14-12(9)13(16-7-17-14)19-5-4-11(15)18/h7-8H,2-6H2,1H3,(H2,15,18)/t8-/m0/s1. The Hall–Kier alpha value is -1.14.